The zero-order valence-electron chi connectivity index (χ0n) is 7.71. The number of nitrogens with one attached hydrogen (secondary N) is 1. The first-order valence-electron chi connectivity index (χ1n) is 4.35. The van der Waals surface area contributed by atoms with E-state index in [2.05, 4.69) is 10.1 Å². The normalized spacial score (nSPS) is 20.5. The van der Waals surface area contributed by atoms with E-state index in [1.54, 1.807) is 11.9 Å². The third-order valence-electron chi connectivity index (χ3n) is 1.87. The lowest BCUT2D eigenvalue weighted by molar-refractivity contribution is -0.119. The van der Waals surface area contributed by atoms with Crippen molar-refractivity contribution >= 4 is 12.0 Å². The van der Waals surface area contributed by atoms with E-state index < -0.39 is 0 Å². The summed E-state index contributed by atoms with van der Waals surface area (Å²) in [7, 11) is 1.72. The largest absolute Gasteiger partial charge is 0.448 e. The quantitative estimate of drug-likeness (QED) is 0.577. The van der Waals surface area contributed by atoms with Gasteiger partial charge in [-0.3, -0.25) is 4.79 Å². The highest BCUT2D eigenvalue weighted by Crippen LogP contribution is 1.96. The third-order valence-corrected chi connectivity index (χ3v) is 1.87. The first-order chi connectivity index (χ1) is 6.20. The number of rotatable bonds is 0. The standard InChI is InChI=1S/C4H7NO2.C4H7NO/c1-5-2-3-7-4(5)6;6-4-2-1-3-5-4/h2-3H2,1H3;1-3H2,(H,5,6). The van der Waals surface area contributed by atoms with Crippen molar-refractivity contribution in [2.24, 2.45) is 0 Å². The molecule has 5 nitrogen and oxygen atoms in total. The molecule has 2 rings (SSSR count). The Morgan fingerprint density at radius 1 is 1.46 bits per heavy atom. The van der Waals surface area contributed by atoms with Crippen molar-refractivity contribution in [2.75, 3.05) is 26.7 Å². The highest BCUT2D eigenvalue weighted by atomic mass is 16.6. The van der Waals surface area contributed by atoms with Crippen LogP contribution in [0.1, 0.15) is 12.8 Å². The summed E-state index contributed by atoms with van der Waals surface area (Å²) < 4.78 is 4.55. The molecule has 0 radical (unpaired) electrons. The molecule has 0 unspecified atom stereocenters. The molecule has 0 aliphatic carbocycles. The van der Waals surface area contributed by atoms with Gasteiger partial charge >= 0.3 is 6.09 Å². The van der Waals surface area contributed by atoms with Crippen molar-refractivity contribution < 1.29 is 14.3 Å². The molecular weight excluding hydrogens is 172 g/mol. The van der Waals surface area contributed by atoms with Crippen LogP contribution >= 0.6 is 0 Å². The summed E-state index contributed by atoms with van der Waals surface area (Å²) in [4.78, 5) is 22.0. The molecule has 0 aromatic rings. The van der Waals surface area contributed by atoms with E-state index in [9.17, 15) is 9.59 Å². The summed E-state index contributed by atoms with van der Waals surface area (Å²) in [6.45, 7) is 2.17. The Bertz CT molecular complexity index is 198. The number of carbonyl (C=O) groups is 2. The molecule has 2 aliphatic heterocycles. The van der Waals surface area contributed by atoms with Crippen LogP contribution in [-0.2, 0) is 9.53 Å². The summed E-state index contributed by atoms with van der Waals surface area (Å²) in [6, 6.07) is 0. The Kier molecular flexibility index (Phi) is 3.54. The average molecular weight is 186 g/mol. The molecule has 1 N–H and O–H groups in total. The number of carbonyl (C=O) groups excluding carboxylic acids is 2. The third kappa shape index (κ3) is 3.31. The molecule has 0 saturated carbocycles. The fourth-order valence-electron chi connectivity index (χ4n) is 1.04. The molecule has 2 saturated heterocycles. The topological polar surface area (TPSA) is 58.6 Å². The number of likely N-dealkylation sites (N-methyl/N-ethyl adjacent to an activating group) is 1. The molecular formula is C8H14N2O3. The van der Waals surface area contributed by atoms with Gasteiger partial charge in [0, 0.05) is 20.0 Å². The predicted molar refractivity (Wildman–Crippen MR) is 46.2 cm³/mol. The Hall–Kier alpha value is -1.26. The maximum atomic E-state index is 10.3. The van der Waals surface area contributed by atoms with Gasteiger partial charge in [-0.05, 0) is 6.42 Å². The molecule has 2 amide bonds. The number of hydrogen-bond donors (Lipinski definition) is 1. The zero-order chi connectivity index (χ0) is 9.68. The van der Waals surface area contributed by atoms with E-state index in [0.29, 0.717) is 6.61 Å². The highest BCUT2D eigenvalue weighted by Gasteiger charge is 2.15. The predicted octanol–water partition coefficient (Wildman–Crippen LogP) is -0.0352. The van der Waals surface area contributed by atoms with Crippen molar-refractivity contribution in [1.82, 2.24) is 10.2 Å². The van der Waals surface area contributed by atoms with Crippen molar-refractivity contribution in [2.45, 2.75) is 12.8 Å². The fourth-order valence-corrected chi connectivity index (χ4v) is 1.04. The van der Waals surface area contributed by atoms with E-state index in [1.165, 1.54) is 0 Å². The molecule has 0 atom stereocenters. The van der Waals surface area contributed by atoms with E-state index in [1.807, 2.05) is 0 Å². The van der Waals surface area contributed by atoms with Gasteiger partial charge in [-0.2, -0.15) is 0 Å². The van der Waals surface area contributed by atoms with Crippen molar-refractivity contribution in [3.8, 4) is 0 Å². The minimum atomic E-state index is -0.208. The van der Waals surface area contributed by atoms with Gasteiger partial charge in [-0.15, -0.1) is 0 Å². The van der Waals surface area contributed by atoms with Crippen LogP contribution in [0.3, 0.4) is 0 Å². The molecule has 0 aromatic heterocycles. The number of hydrogen-bond acceptors (Lipinski definition) is 3. The number of nitrogens with zero attached hydrogens (tertiary/aromatic N) is 1. The Morgan fingerprint density at radius 3 is 2.38 bits per heavy atom. The second-order valence-electron chi connectivity index (χ2n) is 2.99. The van der Waals surface area contributed by atoms with Crippen molar-refractivity contribution in [3.05, 3.63) is 0 Å². The second kappa shape index (κ2) is 4.69. The molecule has 2 heterocycles. The van der Waals surface area contributed by atoms with Gasteiger partial charge in [-0.25, -0.2) is 4.79 Å². The molecule has 0 bridgehead atoms. The van der Waals surface area contributed by atoms with Crippen LogP contribution < -0.4 is 5.32 Å². The van der Waals surface area contributed by atoms with Gasteiger partial charge in [0.15, 0.2) is 0 Å². The van der Waals surface area contributed by atoms with E-state index in [0.717, 1.165) is 25.9 Å². The number of amides is 2. The van der Waals surface area contributed by atoms with E-state index >= 15 is 0 Å². The molecule has 5 heteroatoms. The van der Waals surface area contributed by atoms with Crippen LogP contribution in [0.25, 0.3) is 0 Å². The maximum Gasteiger partial charge on any atom is 0.409 e. The first-order valence-corrected chi connectivity index (χ1v) is 4.35. The van der Waals surface area contributed by atoms with Gasteiger partial charge < -0.3 is 15.0 Å². The Balaban J connectivity index is 0.000000132. The minimum Gasteiger partial charge on any atom is -0.448 e. The average Bonchev–Trinajstić information content (AvgIpc) is 2.67. The molecule has 0 spiro atoms. The van der Waals surface area contributed by atoms with Crippen molar-refractivity contribution in [3.63, 3.8) is 0 Å². The lowest BCUT2D eigenvalue weighted by Crippen LogP contribution is -2.17. The lowest BCUT2D eigenvalue weighted by Gasteiger charge is -1.98. The lowest BCUT2D eigenvalue weighted by atomic mass is 10.4. The minimum absolute atomic E-state index is 0.204. The van der Waals surface area contributed by atoms with Gasteiger partial charge in [-0.1, -0.05) is 0 Å². The van der Waals surface area contributed by atoms with E-state index in [-0.39, 0.29) is 12.0 Å². The molecule has 2 aliphatic rings. The summed E-state index contributed by atoms with van der Waals surface area (Å²) in [6.07, 6.45) is 1.55. The van der Waals surface area contributed by atoms with Crippen LogP contribution in [0.15, 0.2) is 0 Å². The van der Waals surface area contributed by atoms with Crippen LogP contribution in [0.4, 0.5) is 4.79 Å². The summed E-state index contributed by atoms with van der Waals surface area (Å²) in [5.41, 5.74) is 0. The van der Waals surface area contributed by atoms with Gasteiger partial charge in [0.1, 0.15) is 6.61 Å². The molecule has 74 valence electrons. The maximum absolute atomic E-state index is 10.3. The van der Waals surface area contributed by atoms with Gasteiger partial charge in [0.05, 0.1) is 6.54 Å². The Labute approximate surface area is 77.0 Å². The monoisotopic (exact) mass is 186 g/mol. The molecule has 2 fully saturated rings. The molecule has 0 aromatic carbocycles. The van der Waals surface area contributed by atoms with Crippen molar-refractivity contribution in [1.29, 1.82) is 0 Å². The SMILES string of the molecule is CN1CCOC1=O.O=C1CCCN1. The van der Waals surface area contributed by atoms with Crippen LogP contribution in [0, 0.1) is 0 Å². The van der Waals surface area contributed by atoms with Crippen LogP contribution in [0.5, 0.6) is 0 Å². The smallest absolute Gasteiger partial charge is 0.409 e. The van der Waals surface area contributed by atoms with Gasteiger partial charge in [0.2, 0.25) is 5.91 Å². The highest BCUT2D eigenvalue weighted by molar-refractivity contribution is 5.77. The summed E-state index contributed by atoms with van der Waals surface area (Å²) in [5, 5.41) is 2.68. The molecule has 13 heavy (non-hydrogen) atoms. The zero-order valence-corrected chi connectivity index (χ0v) is 7.71. The number of cyclic esters (lactones) is 1. The second-order valence-corrected chi connectivity index (χ2v) is 2.99. The Morgan fingerprint density at radius 2 is 2.23 bits per heavy atom. The fraction of sp³-hybridized carbons (Fsp3) is 0.750. The summed E-state index contributed by atoms with van der Waals surface area (Å²) >= 11 is 0. The van der Waals surface area contributed by atoms with E-state index in [4.69, 9.17) is 0 Å². The summed E-state index contributed by atoms with van der Waals surface area (Å²) in [5.74, 6) is 0.204. The number of ether oxygens (including phenoxy) is 1. The van der Waals surface area contributed by atoms with Crippen LogP contribution in [-0.4, -0.2) is 43.6 Å². The van der Waals surface area contributed by atoms with Crippen LogP contribution in [0.2, 0.25) is 0 Å². The van der Waals surface area contributed by atoms with Gasteiger partial charge in [0.25, 0.3) is 0 Å². The first kappa shape index (κ1) is 9.83.